The Morgan fingerprint density at radius 3 is 2.47 bits per heavy atom. The van der Waals surface area contributed by atoms with E-state index >= 15 is 0 Å². The third-order valence-electron chi connectivity index (χ3n) is 3.96. The predicted octanol–water partition coefficient (Wildman–Crippen LogP) is 2.52. The van der Waals surface area contributed by atoms with E-state index in [1.807, 2.05) is 4.90 Å². The SMILES string of the molecule is NCCCCC(=O)N1CCC(c2ccccc2)CC1. The van der Waals surface area contributed by atoms with E-state index in [-0.39, 0.29) is 0 Å². The molecule has 19 heavy (non-hydrogen) atoms. The molecule has 0 aliphatic carbocycles. The largest absolute Gasteiger partial charge is 0.343 e. The number of nitrogens with two attached hydrogens (primary N) is 1. The first-order chi connectivity index (χ1) is 9.31. The second kappa shape index (κ2) is 7.29. The molecule has 2 rings (SSSR count). The third-order valence-corrected chi connectivity index (χ3v) is 3.96. The van der Waals surface area contributed by atoms with Gasteiger partial charge in [0.1, 0.15) is 0 Å². The molecular formula is C16H24N2O. The van der Waals surface area contributed by atoms with Crippen LogP contribution in [-0.2, 0) is 4.79 Å². The molecule has 104 valence electrons. The van der Waals surface area contributed by atoms with Crippen molar-refractivity contribution in [3.8, 4) is 0 Å². The Morgan fingerprint density at radius 2 is 1.84 bits per heavy atom. The lowest BCUT2D eigenvalue weighted by Crippen LogP contribution is -2.37. The average Bonchev–Trinajstić information content (AvgIpc) is 2.48. The van der Waals surface area contributed by atoms with Gasteiger partial charge < -0.3 is 10.6 Å². The summed E-state index contributed by atoms with van der Waals surface area (Å²) in [6.45, 7) is 2.49. The smallest absolute Gasteiger partial charge is 0.222 e. The Labute approximate surface area is 115 Å². The molecule has 0 aromatic heterocycles. The minimum Gasteiger partial charge on any atom is -0.343 e. The fraction of sp³-hybridized carbons (Fsp3) is 0.562. The zero-order valence-corrected chi connectivity index (χ0v) is 11.6. The first kappa shape index (κ1) is 14.1. The van der Waals surface area contributed by atoms with Crippen molar-refractivity contribution < 1.29 is 4.79 Å². The molecule has 1 aromatic carbocycles. The van der Waals surface area contributed by atoms with Crippen LogP contribution in [-0.4, -0.2) is 30.4 Å². The fourth-order valence-electron chi connectivity index (χ4n) is 2.77. The molecule has 1 saturated heterocycles. The molecule has 0 spiro atoms. The van der Waals surface area contributed by atoms with Gasteiger partial charge >= 0.3 is 0 Å². The van der Waals surface area contributed by atoms with Gasteiger partial charge in [-0.15, -0.1) is 0 Å². The average molecular weight is 260 g/mol. The molecule has 0 radical (unpaired) electrons. The van der Waals surface area contributed by atoms with Crippen LogP contribution in [0.4, 0.5) is 0 Å². The van der Waals surface area contributed by atoms with Crippen LogP contribution in [0.25, 0.3) is 0 Å². The van der Waals surface area contributed by atoms with E-state index < -0.39 is 0 Å². The Balaban J connectivity index is 1.77. The molecule has 0 saturated carbocycles. The molecule has 3 heteroatoms. The highest BCUT2D eigenvalue weighted by Gasteiger charge is 2.23. The number of likely N-dealkylation sites (tertiary alicyclic amines) is 1. The van der Waals surface area contributed by atoms with Gasteiger partial charge in [0.15, 0.2) is 0 Å². The first-order valence-electron chi connectivity index (χ1n) is 7.34. The third kappa shape index (κ3) is 4.06. The maximum absolute atomic E-state index is 12.0. The summed E-state index contributed by atoms with van der Waals surface area (Å²) in [7, 11) is 0. The van der Waals surface area contributed by atoms with Crippen LogP contribution in [0.2, 0.25) is 0 Å². The van der Waals surface area contributed by atoms with Gasteiger partial charge in [-0.3, -0.25) is 4.79 Å². The van der Waals surface area contributed by atoms with E-state index in [2.05, 4.69) is 30.3 Å². The van der Waals surface area contributed by atoms with Gasteiger partial charge in [0.2, 0.25) is 5.91 Å². The lowest BCUT2D eigenvalue weighted by Gasteiger charge is -2.32. The summed E-state index contributed by atoms with van der Waals surface area (Å²) in [5, 5.41) is 0. The number of hydrogen-bond acceptors (Lipinski definition) is 2. The number of piperidine rings is 1. The van der Waals surface area contributed by atoms with E-state index in [1.54, 1.807) is 0 Å². The Morgan fingerprint density at radius 1 is 1.16 bits per heavy atom. The molecule has 1 amide bonds. The highest BCUT2D eigenvalue weighted by atomic mass is 16.2. The van der Waals surface area contributed by atoms with Gasteiger partial charge in [-0.05, 0) is 43.7 Å². The van der Waals surface area contributed by atoms with Crippen LogP contribution in [0.3, 0.4) is 0 Å². The van der Waals surface area contributed by atoms with Gasteiger partial charge in [-0.1, -0.05) is 30.3 Å². The molecule has 1 heterocycles. The maximum atomic E-state index is 12.0. The number of benzene rings is 1. The summed E-state index contributed by atoms with van der Waals surface area (Å²) in [5.74, 6) is 0.925. The van der Waals surface area contributed by atoms with Crippen molar-refractivity contribution in [1.82, 2.24) is 4.90 Å². The normalized spacial score (nSPS) is 16.6. The quantitative estimate of drug-likeness (QED) is 0.827. The van der Waals surface area contributed by atoms with E-state index in [1.165, 1.54) is 5.56 Å². The molecule has 2 N–H and O–H groups in total. The summed E-state index contributed by atoms with van der Waals surface area (Å²) < 4.78 is 0. The van der Waals surface area contributed by atoms with Crippen molar-refractivity contribution in [3.05, 3.63) is 35.9 Å². The van der Waals surface area contributed by atoms with Crippen LogP contribution >= 0.6 is 0 Å². The van der Waals surface area contributed by atoms with Crippen LogP contribution in [0.15, 0.2) is 30.3 Å². The minimum atomic E-state index is 0.306. The fourth-order valence-corrected chi connectivity index (χ4v) is 2.77. The van der Waals surface area contributed by atoms with Crippen molar-refractivity contribution in [1.29, 1.82) is 0 Å². The summed E-state index contributed by atoms with van der Waals surface area (Å²) in [6, 6.07) is 10.6. The van der Waals surface area contributed by atoms with Gasteiger partial charge in [-0.2, -0.15) is 0 Å². The van der Waals surface area contributed by atoms with Gasteiger partial charge in [0, 0.05) is 19.5 Å². The maximum Gasteiger partial charge on any atom is 0.222 e. The Hall–Kier alpha value is -1.35. The van der Waals surface area contributed by atoms with Crippen molar-refractivity contribution in [2.24, 2.45) is 5.73 Å². The Bertz CT molecular complexity index is 383. The number of amides is 1. The zero-order valence-electron chi connectivity index (χ0n) is 11.6. The standard InChI is InChI=1S/C16H24N2O/c17-11-5-4-8-16(19)18-12-9-15(10-13-18)14-6-2-1-3-7-14/h1-3,6-7,15H,4-5,8-13,17H2. The second-order valence-corrected chi connectivity index (χ2v) is 5.31. The van der Waals surface area contributed by atoms with Crippen molar-refractivity contribution >= 4 is 5.91 Å². The highest BCUT2D eigenvalue weighted by Crippen LogP contribution is 2.27. The molecule has 3 nitrogen and oxygen atoms in total. The van der Waals surface area contributed by atoms with Crippen LogP contribution in [0, 0.1) is 0 Å². The molecule has 0 unspecified atom stereocenters. The van der Waals surface area contributed by atoms with E-state index in [9.17, 15) is 4.79 Å². The number of hydrogen-bond donors (Lipinski definition) is 1. The van der Waals surface area contributed by atoms with Crippen molar-refractivity contribution in [3.63, 3.8) is 0 Å². The van der Waals surface area contributed by atoms with Gasteiger partial charge in [0.05, 0.1) is 0 Å². The molecule has 0 atom stereocenters. The number of carbonyl (C=O) groups is 1. The summed E-state index contributed by atoms with van der Waals surface area (Å²) in [6.07, 6.45) is 4.71. The lowest BCUT2D eigenvalue weighted by molar-refractivity contribution is -0.132. The van der Waals surface area contributed by atoms with E-state index in [4.69, 9.17) is 5.73 Å². The predicted molar refractivity (Wildman–Crippen MR) is 77.9 cm³/mol. The molecular weight excluding hydrogens is 236 g/mol. The van der Waals surface area contributed by atoms with Gasteiger partial charge in [0.25, 0.3) is 0 Å². The molecule has 1 aliphatic heterocycles. The van der Waals surface area contributed by atoms with Crippen molar-refractivity contribution in [2.75, 3.05) is 19.6 Å². The monoisotopic (exact) mass is 260 g/mol. The van der Waals surface area contributed by atoms with E-state index in [0.29, 0.717) is 24.8 Å². The van der Waals surface area contributed by atoms with E-state index in [0.717, 1.165) is 38.8 Å². The molecule has 1 fully saturated rings. The summed E-state index contributed by atoms with van der Waals surface area (Å²) >= 11 is 0. The molecule has 0 bridgehead atoms. The molecule has 1 aliphatic rings. The topological polar surface area (TPSA) is 46.3 Å². The number of rotatable bonds is 5. The number of carbonyl (C=O) groups excluding carboxylic acids is 1. The summed E-state index contributed by atoms with van der Waals surface area (Å²) in [4.78, 5) is 14.0. The summed E-state index contributed by atoms with van der Waals surface area (Å²) in [5.41, 5.74) is 6.87. The minimum absolute atomic E-state index is 0.306. The number of unbranched alkanes of at least 4 members (excludes halogenated alkanes) is 1. The molecule has 1 aromatic rings. The van der Waals surface area contributed by atoms with Crippen molar-refractivity contribution in [2.45, 2.75) is 38.0 Å². The number of nitrogens with zero attached hydrogens (tertiary/aromatic N) is 1. The van der Waals surface area contributed by atoms with Crippen LogP contribution in [0.1, 0.15) is 43.6 Å². The van der Waals surface area contributed by atoms with Crippen LogP contribution < -0.4 is 5.73 Å². The Kier molecular flexibility index (Phi) is 5.40. The highest BCUT2D eigenvalue weighted by molar-refractivity contribution is 5.76. The van der Waals surface area contributed by atoms with Crippen LogP contribution in [0.5, 0.6) is 0 Å². The lowest BCUT2D eigenvalue weighted by atomic mass is 9.89. The second-order valence-electron chi connectivity index (χ2n) is 5.31. The van der Waals surface area contributed by atoms with Gasteiger partial charge in [-0.25, -0.2) is 0 Å². The zero-order chi connectivity index (χ0) is 13.5. The first-order valence-corrected chi connectivity index (χ1v) is 7.34.